The molecule has 0 radical (unpaired) electrons. The van der Waals surface area contributed by atoms with Gasteiger partial charge in [-0.05, 0) is 122 Å². The smallest absolute Gasteiger partial charge is 0.245 e. The van der Waals surface area contributed by atoms with Gasteiger partial charge in [-0.15, -0.1) is 0 Å². The average molecular weight is 1160 g/mol. The van der Waals surface area contributed by atoms with E-state index >= 15 is 0 Å². The second-order valence-corrected chi connectivity index (χ2v) is 21.6. The van der Waals surface area contributed by atoms with Crippen molar-refractivity contribution in [1.82, 2.24) is 58.5 Å². The number of aliphatic hydroxyl groups is 2. The van der Waals surface area contributed by atoms with Gasteiger partial charge < -0.3 is 97.4 Å². The lowest BCUT2D eigenvalue weighted by Crippen LogP contribution is -2.62. The second-order valence-electron chi connectivity index (χ2n) is 21.6. The Morgan fingerprint density at radius 3 is 1.38 bits per heavy atom. The number of nitrogens with one attached hydrogen (secondary N) is 11. The quantitative estimate of drug-likeness (QED) is 0.0347. The fourth-order valence-electron chi connectivity index (χ4n) is 8.60. The normalized spacial score (nSPS) is 23.6. The van der Waals surface area contributed by atoms with Crippen LogP contribution in [0.15, 0.2) is 0 Å². The molecule has 0 aliphatic carbocycles. The third-order valence-electron chi connectivity index (χ3n) is 13.4. The van der Waals surface area contributed by atoms with E-state index in [1.165, 1.54) is 13.8 Å². The van der Waals surface area contributed by atoms with Gasteiger partial charge in [0.05, 0.1) is 12.2 Å². The summed E-state index contributed by atoms with van der Waals surface area (Å²) >= 11 is 0. The maximum atomic E-state index is 14.4. The lowest BCUT2D eigenvalue weighted by atomic mass is 9.99. The summed E-state index contributed by atoms with van der Waals surface area (Å²) in [6.07, 6.45) is -1.79. The van der Waals surface area contributed by atoms with Gasteiger partial charge in [0.2, 0.25) is 65.0 Å². The van der Waals surface area contributed by atoms with Gasteiger partial charge in [-0.1, -0.05) is 54.4 Å². The van der Waals surface area contributed by atoms with Gasteiger partial charge in [0.25, 0.3) is 0 Å². The Kier molecular flexibility index (Phi) is 34.7. The van der Waals surface area contributed by atoms with Gasteiger partial charge in [-0.3, -0.25) is 52.7 Å². The van der Waals surface area contributed by atoms with Gasteiger partial charge in [-0.25, -0.2) is 0 Å². The molecule has 1 aliphatic rings. The van der Waals surface area contributed by atoms with Crippen LogP contribution in [0.1, 0.15) is 132 Å². The third-order valence-corrected chi connectivity index (χ3v) is 13.4. The van der Waals surface area contributed by atoms with E-state index in [2.05, 4.69) is 65.4 Å². The molecule has 1 saturated heterocycles. The standard InChI is InChI=1S/C52H98N16O13/c1-9-29(6)11-10-12-40(71)59-32(13-19-53)47(76)68-42(31(8)70)52(81)64-35(16-22-56)44(73)63-37-18-24-58-51(80)41(30(7)69)67-48(77)36(17-23-57)61-43(72)33(14-20-54)62-49(78)38(25-27(2)3)66-50(79)39(26-28(4)5)65-45(74)34(15-21-55)60-46(37)75/h27-39,41-42,69-70H,9-26,53-57H2,1-8H3,(H,58,80)(H,59,71)(H,60,75)(H,61,72)(H,62,78)(H,63,73)(H,64,81)(H,65,74)(H,66,79)(H,67,77)(H,68,76)/t29?,30-,31-,32+,33+,34+,35+,36-,37+,38?,39?,41?,42+/m1/s1. The molecular weight excluding hydrogens is 1060 g/mol. The van der Waals surface area contributed by atoms with Crippen molar-refractivity contribution in [1.29, 1.82) is 0 Å². The van der Waals surface area contributed by atoms with E-state index in [4.69, 9.17) is 28.7 Å². The SMILES string of the molecule is CCC(C)CCCC(=O)N[C@@H](CCN)C(=O)N[C@H](C(=O)N[C@@H](CCN)C(=O)N[C@H]1CCNC(=O)C([C@@H](C)O)NC(=O)[C@@H](CCN)NC(=O)[C@H](CCN)NC(=O)C(CC(C)C)NC(=O)C(CC(C)C)NC(=O)[C@H](CCN)NC1=O)[C@@H](C)O. The first-order chi connectivity index (χ1) is 38.2. The minimum atomic E-state index is -1.69. The number of amides is 11. The number of carbonyl (C=O) groups excluding carboxylic acids is 11. The average Bonchev–Trinajstić information content (AvgIpc) is 3.41. The summed E-state index contributed by atoms with van der Waals surface area (Å²) < 4.78 is 0. The molecule has 1 aliphatic heterocycles. The molecule has 0 aromatic carbocycles. The maximum Gasteiger partial charge on any atom is 0.245 e. The van der Waals surface area contributed by atoms with E-state index in [1.807, 2.05) is 6.92 Å². The number of rotatable bonds is 28. The Morgan fingerprint density at radius 2 is 0.963 bits per heavy atom. The summed E-state index contributed by atoms with van der Waals surface area (Å²) in [6.45, 7) is 12.5. The lowest BCUT2D eigenvalue weighted by Gasteiger charge is -2.29. The molecule has 23 N–H and O–H groups in total. The number of hydrogen-bond donors (Lipinski definition) is 18. The molecule has 4 unspecified atom stereocenters. The molecule has 464 valence electrons. The molecule has 0 saturated carbocycles. The van der Waals surface area contributed by atoms with Crippen molar-refractivity contribution in [3.8, 4) is 0 Å². The first kappa shape index (κ1) is 72.9. The zero-order valence-electron chi connectivity index (χ0n) is 48.7. The van der Waals surface area contributed by atoms with Crippen molar-refractivity contribution < 1.29 is 63.0 Å². The van der Waals surface area contributed by atoms with E-state index in [9.17, 15) is 63.0 Å². The molecule has 13 atom stereocenters. The topological polar surface area (TPSA) is 491 Å². The largest absolute Gasteiger partial charge is 0.391 e. The number of carbonyl (C=O) groups is 11. The fourth-order valence-corrected chi connectivity index (χ4v) is 8.60. The Morgan fingerprint density at radius 1 is 0.531 bits per heavy atom. The summed E-state index contributed by atoms with van der Waals surface area (Å²) in [5, 5.41) is 49.5. The minimum absolute atomic E-state index is 0.0146. The van der Waals surface area contributed by atoms with Crippen molar-refractivity contribution in [2.45, 2.75) is 205 Å². The molecule has 1 heterocycles. The van der Waals surface area contributed by atoms with Crippen LogP contribution in [0.3, 0.4) is 0 Å². The lowest BCUT2D eigenvalue weighted by molar-refractivity contribution is -0.137. The van der Waals surface area contributed by atoms with Gasteiger partial charge in [0, 0.05) is 13.0 Å². The summed E-state index contributed by atoms with van der Waals surface area (Å²) in [4.78, 5) is 153. The molecule has 81 heavy (non-hydrogen) atoms. The van der Waals surface area contributed by atoms with Crippen LogP contribution in [0.4, 0.5) is 0 Å². The third kappa shape index (κ3) is 27.0. The molecule has 11 amide bonds. The van der Waals surface area contributed by atoms with Crippen LogP contribution < -0.4 is 87.2 Å². The number of aliphatic hydroxyl groups excluding tert-OH is 2. The fraction of sp³-hybridized carbons (Fsp3) is 0.788. The van der Waals surface area contributed by atoms with Crippen LogP contribution >= 0.6 is 0 Å². The predicted molar refractivity (Wildman–Crippen MR) is 301 cm³/mol. The predicted octanol–water partition coefficient (Wildman–Crippen LogP) is -5.83. The van der Waals surface area contributed by atoms with Crippen LogP contribution in [0, 0.1) is 17.8 Å². The van der Waals surface area contributed by atoms with Crippen LogP contribution in [0.5, 0.6) is 0 Å². The second kappa shape index (κ2) is 38.6. The number of hydrogen-bond acceptors (Lipinski definition) is 18. The molecule has 0 aromatic heterocycles. The highest BCUT2D eigenvalue weighted by molar-refractivity contribution is 5.99. The van der Waals surface area contributed by atoms with E-state index < -0.39 is 151 Å². The molecular formula is C52H98N16O13. The maximum absolute atomic E-state index is 14.4. The Balaban J connectivity index is 3.84. The highest BCUT2D eigenvalue weighted by Gasteiger charge is 2.37. The Hall–Kier alpha value is -6.11. The molecule has 29 nitrogen and oxygen atoms in total. The van der Waals surface area contributed by atoms with Crippen molar-refractivity contribution in [2.75, 3.05) is 39.3 Å². The molecule has 29 heteroatoms. The van der Waals surface area contributed by atoms with Gasteiger partial charge in [0.1, 0.15) is 60.4 Å². The highest BCUT2D eigenvalue weighted by atomic mass is 16.3. The molecule has 0 spiro atoms. The van der Waals surface area contributed by atoms with Crippen LogP contribution in [0.2, 0.25) is 0 Å². The van der Waals surface area contributed by atoms with E-state index in [-0.39, 0.29) is 95.9 Å². The Labute approximate surface area is 475 Å². The zero-order valence-corrected chi connectivity index (χ0v) is 48.7. The molecule has 1 rings (SSSR count). The van der Waals surface area contributed by atoms with E-state index in [0.717, 1.165) is 12.8 Å². The van der Waals surface area contributed by atoms with E-state index in [1.54, 1.807) is 27.7 Å². The van der Waals surface area contributed by atoms with Crippen LogP contribution in [0.25, 0.3) is 0 Å². The van der Waals surface area contributed by atoms with Crippen molar-refractivity contribution in [2.24, 2.45) is 46.4 Å². The van der Waals surface area contributed by atoms with Crippen LogP contribution in [-0.4, -0.2) is 187 Å². The summed E-state index contributed by atoms with van der Waals surface area (Å²) in [5.41, 5.74) is 29.2. The molecule has 1 fully saturated rings. The zero-order chi connectivity index (χ0) is 61.5. The minimum Gasteiger partial charge on any atom is -0.391 e. The van der Waals surface area contributed by atoms with Crippen molar-refractivity contribution in [3.05, 3.63) is 0 Å². The van der Waals surface area contributed by atoms with Crippen molar-refractivity contribution in [3.63, 3.8) is 0 Å². The van der Waals surface area contributed by atoms with Gasteiger partial charge >= 0.3 is 0 Å². The summed E-state index contributed by atoms with van der Waals surface area (Å²) in [6, 6.07) is -14.5. The van der Waals surface area contributed by atoms with Crippen LogP contribution in [-0.2, 0) is 52.7 Å². The monoisotopic (exact) mass is 1150 g/mol. The first-order valence-corrected chi connectivity index (χ1v) is 28.3. The summed E-state index contributed by atoms with van der Waals surface area (Å²) in [7, 11) is 0. The van der Waals surface area contributed by atoms with Gasteiger partial charge in [-0.2, -0.15) is 0 Å². The van der Waals surface area contributed by atoms with Gasteiger partial charge in [0.15, 0.2) is 0 Å². The first-order valence-electron chi connectivity index (χ1n) is 28.3. The van der Waals surface area contributed by atoms with E-state index in [0.29, 0.717) is 12.3 Å². The Bertz CT molecular complexity index is 2050. The number of nitrogens with two attached hydrogens (primary N) is 5. The van der Waals surface area contributed by atoms with Crippen molar-refractivity contribution >= 4 is 65.0 Å². The highest BCUT2D eigenvalue weighted by Crippen LogP contribution is 2.13. The summed E-state index contributed by atoms with van der Waals surface area (Å²) in [5.74, 6) is -9.60. The molecule has 0 bridgehead atoms. The molecule has 0 aromatic rings.